The van der Waals surface area contributed by atoms with Crippen molar-refractivity contribution in [2.24, 2.45) is 10.7 Å². The number of benzene rings is 1. The van der Waals surface area contributed by atoms with Gasteiger partial charge in [-0.1, -0.05) is 4.49 Å². The standard InChI is InChI=1S/C12H15N5OS/c1-8-11(19-17-16-8)7-14-12(13)15-9-3-5-10(18-2)6-4-9/h3-6H,7H2,1-2H3,(H3,13,14,15). The molecule has 1 aromatic carbocycles. The van der Waals surface area contributed by atoms with E-state index in [0.717, 1.165) is 22.0 Å². The van der Waals surface area contributed by atoms with E-state index in [4.69, 9.17) is 10.5 Å². The Balaban J connectivity index is 1.96. The molecule has 0 atom stereocenters. The molecule has 19 heavy (non-hydrogen) atoms. The van der Waals surface area contributed by atoms with Crippen LogP contribution in [0.5, 0.6) is 5.75 Å². The quantitative estimate of drug-likeness (QED) is 0.657. The SMILES string of the molecule is COc1ccc(NC(N)=NCc2snnc2C)cc1. The molecule has 0 unspecified atom stereocenters. The number of aromatic nitrogens is 2. The van der Waals surface area contributed by atoms with Gasteiger partial charge in [-0.15, -0.1) is 5.10 Å². The van der Waals surface area contributed by atoms with E-state index >= 15 is 0 Å². The van der Waals surface area contributed by atoms with E-state index in [0.29, 0.717) is 12.5 Å². The molecule has 3 N–H and O–H groups in total. The van der Waals surface area contributed by atoms with Gasteiger partial charge in [0, 0.05) is 5.69 Å². The van der Waals surface area contributed by atoms with Crippen molar-refractivity contribution in [1.29, 1.82) is 0 Å². The summed E-state index contributed by atoms with van der Waals surface area (Å²) >= 11 is 1.33. The summed E-state index contributed by atoms with van der Waals surface area (Å²) in [4.78, 5) is 5.26. The normalized spacial score (nSPS) is 11.4. The number of nitrogens with zero attached hydrogens (tertiary/aromatic N) is 3. The Bertz CT molecular complexity index is 564. The molecule has 0 spiro atoms. The molecule has 7 heteroatoms. The highest BCUT2D eigenvalue weighted by Gasteiger charge is 2.02. The number of ether oxygens (including phenoxy) is 1. The van der Waals surface area contributed by atoms with Crippen LogP contribution in [0.1, 0.15) is 10.6 Å². The third-order valence-electron chi connectivity index (χ3n) is 2.50. The lowest BCUT2D eigenvalue weighted by atomic mass is 10.3. The lowest BCUT2D eigenvalue weighted by Gasteiger charge is -2.06. The number of aliphatic imine (C=N–C) groups is 1. The number of methoxy groups -OCH3 is 1. The van der Waals surface area contributed by atoms with Crippen LogP contribution in [0.3, 0.4) is 0 Å². The van der Waals surface area contributed by atoms with Crippen molar-refractivity contribution >= 4 is 23.2 Å². The van der Waals surface area contributed by atoms with Gasteiger partial charge in [0.25, 0.3) is 0 Å². The number of hydrogen-bond acceptors (Lipinski definition) is 5. The van der Waals surface area contributed by atoms with Gasteiger partial charge >= 0.3 is 0 Å². The molecule has 0 bridgehead atoms. The van der Waals surface area contributed by atoms with Crippen LogP contribution in [0, 0.1) is 6.92 Å². The minimum absolute atomic E-state index is 0.359. The third kappa shape index (κ3) is 3.65. The largest absolute Gasteiger partial charge is 0.497 e. The minimum Gasteiger partial charge on any atom is -0.497 e. The first-order chi connectivity index (χ1) is 9.19. The van der Waals surface area contributed by atoms with Gasteiger partial charge in [-0.05, 0) is 42.7 Å². The fraction of sp³-hybridized carbons (Fsp3) is 0.250. The van der Waals surface area contributed by atoms with Crippen molar-refractivity contribution in [3.8, 4) is 5.75 Å². The first kappa shape index (κ1) is 13.3. The number of hydrogen-bond donors (Lipinski definition) is 2. The van der Waals surface area contributed by atoms with Gasteiger partial charge in [-0.25, -0.2) is 4.99 Å². The molecular weight excluding hydrogens is 262 g/mol. The van der Waals surface area contributed by atoms with Crippen LogP contribution in [0.2, 0.25) is 0 Å². The molecule has 0 amide bonds. The highest BCUT2D eigenvalue weighted by molar-refractivity contribution is 7.05. The number of rotatable bonds is 4. The van der Waals surface area contributed by atoms with E-state index in [9.17, 15) is 0 Å². The van der Waals surface area contributed by atoms with Crippen LogP contribution >= 0.6 is 11.5 Å². The van der Waals surface area contributed by atoms with E-state index in [1.54, 1.807) is 7.11 Å². The average Bonchev–Trinajstić information content (AvgIpc) is 2.83. The molecule has 0 saturated heterocycles. The number of aryl methyl sites for hydroxylation is 1. The highest BCUT2D eigenvalue weighted by Crippen LogP contribution is 2.15. The second kappa shape index (κ2) is 6.14. The number of nitrogens with two attached hydrogens (primary N) is 1. The van der Waals surface area contributed by atoms with Crippen LogP contribution in [-0.4, -0.2) is 22.7 Å². The molecule has 100 valence electrons. The minimum atomic E-state index is 0.359. The smallest absolute Gasteiger partial charge is 0.193 e. The summed E-state index contributed by atoms with van der Waals surface area (Å²) < 4.78 is 8.93. The summed E-state index contributed by atoms with van der Waals surface area (Å²) in [6.45, 7) is 2.39. The maximum absolute atomic E-state index is 5.81. The molecule has 1 aromatic heterocycles. The van der Waals surface area contributed by atoms with Crippen molar-refractivity contribution in [1.82, 2.24) is 9.59 Å². The van der Waals surface area contributed by atoms with E-state index in [1.807, 2.05) is 31.2 Å². The number of guanidine groups is 1. The number of anilines is 1. The van der Waals surface area contributed by atoms with Crippen molar-refractivity contribution in [3.63, 3.8) is 0 Å². The third-order valence-corrected chi connectivity index (χ3v) is 3.31. The summed E-state index contributed by atoms with van der Waals surface area (Å²) in [6, 6.07) is 7.46. The summed E-state index contributed by atoms with van der Waals surface area (Å²) in [5.74, 6) is 1.16. The molecule has 0 fully saturated rings. The maximum atomic E-state index is 5.81. The summed E-state index contributed by atoms with van der Waals surface area (Å²) in [6.07, 6.45) is 0. The zero-order valence-corrected chi connectivity index (χ0v) is 11.6. The Kier molecular flexibility index (Phi) is 4.30. The first-order valence-electron chi connectivity index (χ1n) is 5.68. The molecular formula is C12H15N5OS. The fourth-order valence-electron chi connectivity index (χ4n) is 1.41. The second-order valence-electron chi connectivity index (χ2n) is 3.84. The van der Waals surface area contributed by atoms with Gasteiger partial charge in [-0.2, -0.15) is 0 Å². The van der Waals surface area contributed by atoms with Crippen molar-refractivity contribution in [2.45, 2.75) is 13.5 Å². The van der Waals surface area contributed by atoms with Crippen LogP contribution in [0.15, 0.2) is 29.3 Å². The van der Waals surface area contributed by atoms with Crippen molar-refractivity contribution in [2.75, 3.05) is 12.4 Å². The Morgan fingerprint density at radius 2 is 2.16 bits per heavy atom. The summed E-state index contributed by atoms with van der Waals surface area (Å²) in [5, 5.41) is 6.93. The van der Waals surface area contributed by atoms with Gasteiger partial charge in [0.2, 0.25) is 0 Å². The van der Waals surface area contributed by atoms with Gasteiger partial charge < -0.3 is 15.8 Å². The first-order valence-corrected chi connectivity index (χ1v) is 6.45. The average molecular weight is 277 g/mol. The van der Waals surface area contributed by atoms with E-state index in [-0.39, 0.29) is 0 Å². The topological polar surface area (TPSA) is 85.4 Å². The Hall–Kier alpha value is -2.15. The summed E-state index contributed by atoms with van der Waals surface area (Å²) in [7, 11) is 1.63. The van der Waals surface area contributed by atoms with Crippen LogP contribution in [-0.2, 0) is 6.54 Å². The Morgan fingerprint density at radius 3 is 2.74 bits per heavy atom. The molecule has 2 aromatic rings. The van der Waals surface area contributed by atoms with Gasteiger partial charge in [0.1, 0.15) is 5.75 Å². The van der Waals surface area contributed by atoms with Crippen molar-refractivity contribution in [3.05, 3.63) is 34.8 Å². The highest BCUT2D eigenvalue weighted by atomic mass is 32.1. The molecule has 1 heterocycles. The molecule has 0 aliphatic rings. The molecule has 2 rings (SSSR count). The fourth-order valence-corrected chi connectivity index (χ4v) is 1.97. The van der Waals surface area contributed by atoms with Gasteiger partial charge in [0.05, 0.1) is 24.2 Å². The molecule has 6 nitrogen and oxygen atoms in total. The maximum Gasteiger partial charge on any atom is 0.193 e. The molecule has 0 aliphatic carbocycles. The Labute approximate surface area is 115 Å². The van der Waals surface area contributed by atoms with Gasteiger partial charge in [0.15, 0.2) is 5.96 Å². The molecule has 0 saturated carbocycles. The van der Waals surface area contributed by atoms with Crippen LogP contribution in [0.4, 0.5) is 5.69 Å². The van der Waals surface area contributed by atoms with Gasteiger partial charge in [-0.3, -0.25) is 0 Å². The zero-order chi connectivity index (χ0) is 13.7. The Morgan fingerprint density at radius 1 is 1.42 bits per heavy atom. The summed E-state index contributed by atoms with van der Waals surface area (Å²) in [5.41, 5.74) is 7.57. The second-order valence-corrected chi connectivity index (χ2v) is 4.68. The van der Waals surface area contributed by atoms with E-state index in [1.165, 1.54) is 11.5 Å². The molecule has 0 radical (unpaired) electrons. The number of nitrogens with one attached hydrogen (secondary N) is 1. The van der Waals surface area contributed by atoms with E-state index in [2.05, 4.69) is 19.9 Å². The predicted octanol–water partition coefficient (Wildman–Crippen LogP) is 1.78. The van der Waals surface area contributed by atoms with Crippen LogP contribution in [0.25, 0.3) is 0 Å². The zero-order valence-electron chi connectivity index (χ0n) is 10.8. The lowest BCUT2D eigenvalue weighted by Crippen LogP contribution is -2.22. The van der Waals surface area contributed by atoms with E-state index < -0.39 is 0 Å². The predicted molar refractivity (Wildman–Crippen MR) is 76.6 cm³/mol. The monoisotopic (exact) mass is 277 g/mol. The lowest BCUT2D eigenvalue weighted by molar-refractivity contribution is 0.415. The van der Waals surface area contributed by atoms with Crippen molar-refractivity contribution < 1.29 is 4.74 Å². The van der Waals surface area contributed by atoms with Crippen LogP contribution < -0.4 is 15.8 Å². The molecule has 0 aliphatic heterocycles.